The molecule has 0 saturated carbocycles. The number of carboxylic acids is 1. The molecular weight excluding hydrogens is 299 g/mol. The van der Waals surface area contributed by atoms with Crippen LogP contribution in [0.2, 0.25) is 5.02 Å². The molecule has 1 heterocycles. The zero-order valence-corrected chi connectivity index (χ0v) is 11.8. The first-order valence-electron chi connectivity index (χ1n) is 5.95. The van der Waals surface area contributed by atoms with Crippen molar-refractivity contribution in [3.05, 3.63) is 45.9 Å². The molecule has 1 aromatic heterocycles. The first kappa shape index (κ1) is 15.2. The van der Waals surface area contributed by atoms with Gasteiger partial charge < -0.3 is 15.9 Å². The molecule has 0 atom stereocenters. The number of halogens is 2. The fraction of sp³-hybridized carbons (Fsp3) is 0.143. The second-order valence-electron chi connectivity index (χ2n) is 4.45. The predicted molar refractivity (Wildman–Crippen MR) is 76.7 cm³/mol. The molecule has 0 spiro atoms. The molecule has 0 amide bonds. The number of aryl methyl sites for hydroxylation is 1. The van der Waals surface area contributed by atoms with Gasteiger partial charge in [0, 0.05) is 11.1 Å². The molecule has 5 nitrogen and oxygen atoms in total. The van der Waals surface area contributed by atoms with Crippen molar-refractivity contribution in [2.75, 3.05) is 5.73 Å². The number of nitrogens with two attached hydrogens (primary N) is 1. The summed E-state index contributed by atoms with van der Waals surface area (Å²) in [6.45, 7) is 1.01. The van der Waals surface area contributed by atoms with Crippen LogP contribution < -0.4 is 5.73 Å². The Morgan fingerprint density at radius 1 is 1.48 bits per heavy atom. The van der Waals surface area contributed by atoms with E-state index in [4.69, 9.17) is 22.4 Å². The number of hydrogen-bond acceptors (Lipinski definition) is 4. The minimum atomic E-state index is -1.34. The van der Waals surface area contributed by atoms with Crippen LogP contribution in [0.15, 0.2) is 18.2 Å². The van der Waals surface area contributed by atoms with Crippen molar-refractivity contribution in [3.63, 3.8) is 0 Å². The maximum atomic E-state index is 14.0. The number of nitrogens with zero attached hydrogens (tertiary/aromatic N) is 1. The second kappa shape index (κ2) is 5.67. The Kier molecular flexibility index (Phi) is 4.11. The van der Waals surface area contributed by atoms with E-state index in [-0.39, 0.29) is 27.5 Å². The number of carboxylic acid groups (broad SMARTS) is 1. The lowest BCUT2D eigenvalue weighted by atomic mass is 10.0. The number of aromatic nitrogens is 1. The van der Waals surface area contributed by atoms with E-state index in [1.54, 1.807) is 13.0 Å². The summed E-state index contributed by atoms with van der Waals surface area (Å²) in [7, 11) is 0. The van der Waals surface area contributed by atoms with E-state index >= 15 is 0 Å². The fourth-order valence-corrected chi connectivity index (χ4v) is 2.14. The predicted octanol–water partition coefficient (Wildman–Crippen LogP) is 2.62. The van der Waals surface area contributed by atoms with E-state index in [1.807, 2.05) is 0 Å². The van der Waals surface area contributed by atoms with Crippen LogP contribution in [0.3, 0.4) is 0 Å². The minimum absolute atomic E-state index is 0.0175. The van der Waals surface area contributed by atoms with Gasteiger partial charge in [-0.15, -0.1) is 0 Å². The molecule has 4 N–H and O–H groups in total. The molecule has 0 unspecified atom stereocenters. The summed E-state index contributed by atoms with van der Waals surface area (Å²) in [4.78, 5) is 15.0. The molecule has 0 radical (unpaired) electrons. The Hall–Kier alpha value is -2.18. The quantitative estimate of drug-likeness (QED) is 0.809. The maximum absolute atomic E-state index is 14.0. The standard InChI is InChI=1S/C14H12ClFN2O3/c1-6-2-3-7(8(5-19)12(6)16)10-4-9(17)11(15)13(18-10)14(20)21/h2-4,19H,5H2,1H3,(H2,17,18)(H,20,21). The van der Waals surface area contributed by atoms with Crippen LogP contribution in [0, 0.1) is 12.7 Å². The lowest BCUT2D eigenvalue weighted by Gasteiger charge is -2.12. The summed E-state index contributed by atoms with van der Waals surface area (Å²) in [5, 5.41) is 18.2. The third-order valence-electron chi connectivity index (χ3n) is 3.06. The second-order valence-corrected chi connectivity index (χ2v) is 4.82. The molecular formula is C14H12ClFN2O3. The van der Waals surface area contributed by atoms with E-state index in [0.29, 0.717) is 5.56 Å². The van der Waals surface area contributed by atoms with Crippen molar-refractivity contribution in [3.8, 4) is 11.3 Å². The number of aliphatic hydroxyl groups is 1. The number of aromatic carboxylic acids is 1. The lowest BCUT2D eigenvalue weighted by Crippen LogP contribution is -2.06. The fourth-order valence-electron chi connectivity index (χ4n) is 1.96. The van der Waals surface area contributed by atoms with Gasteiger partial charge in [-0.1, -0.05) is 23.7 Å². The van der Waals surface area contributed by atoms with Gasteiger partial charge in [0.2, 0.25) is 0 Å². The highest BCUT2D eigenvalue weighted by Crippen LogP contribution is 2.31. The zero-order chi connectivity index (χ0) is 15.7. The van der Waals surface area contributed by atoms with Crippen molar-refractivity contribution < 1.29 is 19.4 Å². The Bertz CT molecular complexity index is 735. The molecule has 110 valence electrons. The highest BCUT2D eigenvalue weighted by Gasteiger charge is 2.19. The Morgan fingerprint density at radius 2 is 2.14 bits per heavy atom. The van der Waals surface area contributed by atoms with E-state index < -0.39 is 24.1 Å². The van der Waals surface area contributed by atoms with Crippen LogP contribution >= 0.6 is 11.6 Å². The maximum Gasteiger partial charge on any atom is 0.356 e. The number of anilines is 1. The molecule has 21 heavy (non-hydrogen) atoms. The van der Waals surface area contributed by atoms with Gasteiger partial charge in [0.05, 0.1) is 23.0 Å². The van der Waals surface area contributed by atoms with Crippen LogP contribution in [0.1, 0.15) is 21.6 Å². The van der Waals surface area contributed by atoms with Crippen molar-refractivity contribution in [2.45, 2.75) is 13.5 Å². The number of hydrogen-bond donors (Lipinski definition) is 3. The highest BCUT2D eigenvalue weighted by molar-refractivity contribution is 6.35. The molecule has 7 heteroatoms. The van der Waals surface area contributed by atoms with Crippen LogP contribution in [0.5, 0.6) is 0 Å². The van der Waals surface area contributed by atoms with Crippen molar-refractivity contribution >= 4 is 23.3 Å². The van der Waals surface area contributed by atoms with Crippen molar-refractivity contribution in [1.82, 2.24) is 4.98 Å². The van der Waals surface area contributed by atoms with E-state index in [1.165, 1.54) is 12.1 Å². The Balaban J connectivity index is 2.74. The number of pyridine rings is 1. The summed E-state index contributed by atoms with van der Waals surface area (Å²) in [5.74, 6) is -1.91. The zero-order valence-electron chi connectivity index (χ0n) is 11.0. The highest BCUT2D eigenvalue weighted by atomic mass is 35.5. The van der Waals surface area contributed by atoms with E-state index in [0.717, 1.165) is 0 Å². The Labute approximate surface area is 124 Å². The average molecular weight is 311 g/mol. The van der Waals surface area contributed by atoms with E-state index in [2.05, 4.69) is 4.98 Å². The molecule has 2 rings (SSSR count). The lowest BCUT2D eigenvalue weighted by molar-refractivity contribution is 0.0691. The summed E-state index contributed by atoms with van der Waals surface area (Å²) >= 11 is 5.79. The van der Waals surface area contributed by atoms with Gasteiger partial charge in [-0.25, -0.2) is 14.2 Å². The van der Waals surface area contributed by atoms with Gasteiger partial charge in [-0.3, -0.25) is 0 Å². The van der Waals surface area contributed by atoms with Crippen LogP contribution in [0.4, 0.5) is 10.1 Å². The normalized spacial score (nSPS) is 10.7. The SMILES string of the molecule is Cc1ccc(-c2cc(N)c(Cl)c(C(=O)O)n2)c(CO)c1F. The van der Waals surface area contributed by atoms with Crippen molar-refractivity contribution in [2.24, 2.45) is 0 Å². The summed E-state index contributed by atoms with van der Waals surface area (Å²) in [6.07, 6.45) is 0. The third-order valence-corrected chi connectivity index (χ3v) is 3.46. The number of rotatable bonds is 3. The number of nitrogen functional groups attached to an aromatic ring is 1. The number of benzene rings is 1. The first-order valence-corrected chi connectivity index (χ1v) is 6.33. The van der Waals surface area contributed by atoms with Gasteiger partial charge in [0.15, 0.2) is 5.69 Å². The molecule has 0 aliphatic heterocycles. The molecule has 1 aromatic carbocycles. The van der Waals surface area contributed by atoms with Gasteiger partial charge in [-0.05, 0) is 18.6 Å². The monoisotopic (exact) mass is 310 g/mol. The topological polar surface area (TPSA) is 96.4 Å². The van der Waals surface area contributed by atoms with Crippen LogP contribution in [0.25, 0.3) is 11.3 Å². The van der Waals surface area contributed by atoms with Crippen LogP contribution in [-0.2, 0) is 6.61 Å². The summed E-state index contributed by atoms with van der Waals surface area (Å²) in [6, 6.07) is 4.40. The molecule has 0 aliphatic carbocycles. The number of carbonyl (C=O) groups is 1. The smallest absolute Gasteiger partial charge is 0.356 e. The van der Waals surface area contributed by atoms with Crippen molar-refractivity contribution in [1.29, 1.82) is 0 Å². The van der Waals surface area contributed by atoms with Gasteiger partial charge >= 0.3 is 5.97 Å². The first-order chi connectivity index (χ1) is 9.86. The molecule has 0 bridgehead atoms. The largest absolute Gasteiger partial charge is 0.476 e. The Morgan fingerprint density at radius 3 is 2.71 bits per heavy atom. The molecule has 2 aromatic rings. The molecule has 0 saturated heterocycles. The van der Waals surface area contributed by atoms with Gasteiger partial charge in [0.1, 0.15) is 5.82 Å². The third kappa shape index (κ3) is 2.68. The summed E-state index contributed by atoms with van der Waals surface area (Å²) in [5.41, 5.74) is 6.06. The molecule has 0 fully saturated rings. The number of aliphatic hydroxyl groups excluding tert-OH is 1. The van der Waals surface area contributed by atoms with Gasteiger partial charge in [0.25, 0.3) is 0 Å². The van der Waals surface area contributed by atoms with Crippen LogP contribution in [-0.4, -0.2) is 21.2 Å². The molecule has 0 aliphatic rings. The average Bonchev–Trinajstić information content (AvgIpc) is 2.44. The van der Waals surface area contributed by atoms with E-state index in [9.17, 15) is 14.3 Å². The summed E-state index contributed by atoms with van der Waals surface area (Å²) < 4.78 is 14.0. The minimum Gasteiger partial charge on any atom is -0.476 e. The van der Waals surface area contributed by atoms with Gasteiger partial charge in [-0.2, -0.15) is 0 Å².